The van der Waals surface area contributed by atoms with Gasteiger partial charge >= 0.3 is 0 Å². The van der Waals surface area contributed by atoms with Crippen LogP contribution in [-0.2, 0) is 4.74 Å². The van der Waals surface area contributed by atoms with Gasteiger partial charge in [0.05, 0.1) is 12.1 Å². The van der Waals surface area contributed by atoms with Crippen LogP contribution in [0.4, 0.5) is 0 Å². The van der Waals surface area contributed by atoms with Gasteiger partial charge in [0.15, 0.2) is 0 Å². The fourth-order valence-electron chi connectivity index (χ4n) is 2.11. The van der Waals surface area contributed by atoms with E-state index in [2.05, 4.69) is 25.1 Å². The molecule has 3 N–H and O–H groups in total. The van der Waals surface area contributed by atoms with Gasteiger partial charge in [0.2, 0.25) is 0 Å². The molecule has 80 valence electrons. The van der Waals surface area contributed by atoms with Gasteiger partial charge in [-0.2, -0.15) is 0 Å². The van der Waals surface area contributed by atoms with Crippen LogP contribution in [0.5, 0.6) is 0 Å². The second-order valence-corrected chi connectivity index (χ2v) is 4.58. The van der Waals surface area contributed by atoms with Gasteiger partial charge in [0.25, 0.3) is 0 Å². The van der Waals surface area contributed by atoms with Crippen LogP contribution in [0, 0.1) is 12.3 Å². The molecule has 1 fully saturated rings. The summed E-state index contributed by atoms with van der Waals surface area (Å²) in [6, 6.07) is 0. The Labute approximate surface area is 86.4 Å². The van der Waals surface area contributed by atoms with Gasteiger partial charge in [0, 0.05) is 18.7 Å². The molecule has 3 heteroatoms. The number of ether oxygens (including phenoxy) is 1. The van der Waals surface area contributed by atoms with Crippen LogP contribution in [0.3, 0.4) is 0 Å². The van der Waals surface area contributed by atoms with Gasteiger partial charge in [-0.3, -0.25) is 5.32 Å². The molecule has 1 aliphatic rings. The minimum Gasteiger partial charge on any atom is -0.375 e. The summed E-state index contributed by atoms with van der Waals surface area (Å²) in [5.74, 6) is 2.59. The third-order valence-corrected chi connectivity index (χ3v) is 2.79. The van der Waals surface area contributed by atoms with Crippen LogP contribution in [-0.4, -0.2) is 30.8 Å². The molecular formula is C11H20N2O. The maximum Gasteiger partial charge on any atom is 0.0644 e. The molecule has 0 aromatic carbocycles. The smallest absolute Gasteiger partial charge is 0.0644 e. The van der Waals surface area contributed by atoms with E-state index in [0.29, 0.717) is 13.1 Å². The Morgan fingerprint density at radius 3 is 2.79 bits per heavy atom. The van der Waals surface area contributed by atoms with Crippen molar-refractivity contribution in [3.63, 3.8) is 0 Å². The molecule has 1 unspecified atom stereocenters. The number of nitrogens with one attached hydrogen (secondary N) is 1. The van der Waals surface area contributed by atoms with E-state index in [9.17, 15) is 0 Å². The van der Waals surface area contributed by atoms with Crippen molar-refractivity contribution in [1.82, 2.24) is 5.32 Å². The minimum atomic E-state index is -0.0980. The van der Waals surface area contributed by atoms with E-state index in [1.807, 2.05) is 0 Å². The molecular weight excluding hydrogens is 176 g/mol. The molecule has 0 saturated carbocycles. The van der Waals surface area contributed by atoms with Gasteiger partial charge in [-0.25, -0.2) is 0 Å². The predicted molar refractivity (Wildman–Crippen MR) is 57.9 cm³/mol. The standard InChI is InChI=1S/C11H20N2O/c1-4-6-13-11(9-12)5-7-14-10(2,3)8-11/h1,13H,5-9,12H2,2-3H3. The third kappa shape index (κ3) is 2.71. The molecule has 0 spiro atoms. The summed E-state index contributed by atoms with van der Waals surface area (Å²) in [6.07, 6.45) is 7.10. The van der Waals surface area contributed by atoms with Gasteiger partial charge in [-0.15, -0.1) is 6.42 Å². The fraction of sp³-hybridized carbons (Fsp3) is 0.818. The normalized spacial score (nSPS) is 31.0. The first-order chi connectivity index (χ1) is 6.54. The Balaban J connectivity index is 2.64. The molecule has 0 amide bonds. The van der Waals surface area contributed by atoms with Crippen LogP contribution >= 0.6 is 0 Å². The highest BCUT2D eigenvalue weighted by Crippen LogP contribution is 2.31. The van der Waals surface area contributed by atoms with Crippen molar-refractivity contribution in [3.05, 3.63) is 0 Å². The molecule has 0 aromatic heterocycles. The highest BCUT2D eigenvalue weighted by atomic mass is 16.5. The Hall–Kier alpha value is -0.560. The number of nitrogens with two attached hydrogens (primary N) is 1. The maximum atomic E-state index is 5.81. The summed E-state index contributed by atoms with van der Waals surface area (Å²) in [4.78, 5) is 0. The van der Waals surface area contributed by atoms with E-state index >= 15 is 0 Å². The Kier molecular flexibility index (Phi) is 3.54. The molecule has 1 aliphatic heterocycles. The zero-order chi connectivity index (χ0) is 10.7. The second-order valence-electron chi connectivity index (χ2n) is 4.58. The van der Waals surface area contributed by atoms with Gasteiger partial charge in [0.1, 0.15) is 0 Å². The predicted octanol–water partition coefficient (Wildman–Crippen LogP) is 0.496. The molecule has 0 radical (unpaired) electrons. The summed E-state index contributed by atoms with van der Waals surface area (Å²) in [5.41, 5.74) is 5.68. The molecule has 3 nitrogen and oxygen atoms in total. The average Bonchev–Trinajstić information content (AvgIpc) is 2.13. The van der Waals surface area contributed by atoms with Crippen molar-refractivity contribution in [2.24, 2.45) is 5.73 Å². The molecule has 14 heavy (non-hydrogen) atoms. The Bertz CT molecular complexity index is 232. The summed E-state index contributed by atoms with van der Waals surface area (Å²) in [5, 5.41) is 3.35. The van der Waals surface area contributed by atoms with Crippen molar-refractivity contribution in [2.75, 3.05) is 19.7 Å². The molecule has 1 rings (SSSR count). The first-order valence-electron chi connectivity index (χ1n) is 5.06. The lowest BCUT2D eigenvalue weighted by molar-refractivity contribution is -0.0849. The quantitative estimate of drug-likeness (QED) is 0.646. The van der Waals surface area contributed by atoms with Crippen LogP contribution in [0.2, 0.25) is 0 Å². The van der Waals surface area contributed by atoms with E-state index in [1.54, 1.807) is 0 Å². The zero-order valence-corrected chi connectivity index (χ0v) is 9.10. The average molecular weight is 196 g/mol. The highest BCUT2D eigenvalue weighted by Gasteiger charge is 2.39. The monoisotopic (exact) mass is 196 g/mol. The Morgan fingerprint density at radius 1 is 1.57 bits per heavy atom. The Morgan fingerprint density at radius 2 is 2.29 bits per heavy atom. The minimum absolute atomic E-state index is 0.0336. The van der Waals surface area contributed by atoms with Crippen molar-refractivity contribution in [3.8, 4) is 12.3 Å². The van der Waals surface area contributed by atoms with Gasteiger partial charge < -0.3 is 10.5 Å². The molecule has 0 aromatic rings. The topological polar surface area (TPSA) is 47.3 Å². The maximum absolute atomic E-state index is 5.81. The first kappa shape index (κ1) is 11.5. The molecule has 1 saturated heterocycles. The van der Waals surface area contributed by atoms with E-state index in [0.717, 1.165) is 19.4 Å². The third-order valence-electron chi connectivity index (χ3n) is 2.79. The van der Waals surface area contributed by atoms with Crippen LogP contribution in [0.25, 0.3) is 0 Å². The fourth-order valence-corrected chi connectivity index (χ4v) is 2.11. The van der Waals surface area contributed by atoms with Crippen molar-refractivity contribution >= 4 is 0 Å². The second kappa shape index (κ2) is 4.31. The molecule has 0 aliphatic carbocycles. The molecule has 1 heterocycles. The van der Waals surface area contributed by atoms with Crippen LogP contribution in [0.15, 0.2) is 0 Å². The van der Waals surface area contributed by atoms with E-state index in [-0.39, 0.29) is 11.1 Å². The summed E-state index contributed by atoms with van der Waals surface area (Å²) in [7, 11) is 0. The number of hydrogen-bond acceptors (Lipinski definition) is 3. The lowest BCUT2D eigenvalue weighted by Crippen LogP contribution is -2.59. The van der Waals surface area contributed by atoms with Crippen molar-refractivity contribution < 1.29 is 4.74 Å². The number of rotatable bonds is 3. The number of hydrogen-bond donors (Lipinski definition) is 2. The van der Waals surface area contributed by atoms with Crippen LogP contribution < -0.4 is 11.1 Å². The summed E-state index contributed by atoms with van der Waals surface area (Å²) < 4.78 is 5.66. The van der Waals surface area contributed by atoms with Crippen molar-refractivity contribution in [2.45, 2.75) is 37.8 Å². The lowest BCUT2D eigenvalue weighted by atomic mass is 9.81. The van der Waals surface area contributed by atoms with E-state index in [4.69, 9.17) is 16.9 Å². The summed E-state index contributed by atoms with van der Waals surface area (Å²) >= 11 is 0. The van der Waals surface area contributed by atoms with Crippen LogP contribution in [0.1, 0.15) is 26.7 Å². The SMILES string of the molecule is C#CCNC1(CN)CCOC(C)(C)C1. The largest absolute Gasteiger partial charge is 0.375 e. The molecule has 1 atom stereocenters. The van der Waals surface area contributed by atoms with Gasteiger partial charge in [-0.05, 0) is 26.7 Å². The number of terminal acetylenes is 1. The highest BCUT2D eigenvalue weighted by molar-refractivity contribution is 5.01. The molecule has 0 bridgehead atoms. The zero-order valence-electron chi connectivity index (χ0n) is 9.10. The lowest BCUT2D eigenvalue weighted by Gasteiger charge is -2.44. The first-order valence-corrected chi connectivity index (χ1v) is 5.06. The summed E-state index contributed by atoms with van der Waals surface area (Å²) in [6.45, 7) is 6.12. The van der Waals surface area contributed by atoms with E-state index < -0.39 is 0 Å². The van der Waals surface area contributed by atoms with Gasteiger partial charge in [-0.1, -0.05) is 5.92 Å². The van der Waals surface area contributed by atoms with Crippen molar-refractivity contribution in [1.29, 1.82) is 0 Å². The van der Waals surface area contributed by atoms with E-state index in [1.165, 1.54) is 0 Å².